The molecular formula is C23H26IP. The summed E-state index contributed by atoms with van der Waals surface area (Å²) in [5.74, 6) is 0. The first kappa shape index (κ1) is 20.1. The van der Waals surface area contributed by atoms with Crippen molar-refractivity contribution in [1.82, 2.24) is 0 Å². The quantitative estimate of drug-likeness (QED) is 0.182. The molecule has 0 N–H and O–H groups in total. The van der Waals surface area contributed by atoms with Crippen LogP contribution in [0.3, 0.4) is 0 Å². The zero-order chi connectivity index (χ0) is 17.7. The molecule has 0 unspecified atom stereocenters. The topological polar surface area (TPSA) is 0 Å². The summed E-state index contributed by atoms with van der Waals surface area (Å²) < 4.78 is 1.32. The Bertz CT molecular complexity index is 585. The second-order valence-electron chi connectivity index (χ2n) is 5.74. The lowest BCUT2D eigenvalue weighted by molar-refractivity contribution is 0.785. The maximum Gasteiger partial charge on any atom is -0.000473 e. The molecule has 0 radical (unpaired) electrons. The van der Waals surface area contributed by atoms with E-state index in [1.807, 2.05) is 0 Å². The second kappa shape index (κ2) is 12.2. The van der Waals surface area contributed by atoms with Crippen LogP contribution in [0.2, 0.25) is 0 Å². The molecule has 0 aliphatic carbocycles. The van der Waals surface area contributed by atoms with Gasteiger partial charge in [0.25, 0.3) is 0 Å². The molecule has 3 aromatic carbocycles. The van der Waals surface area contributed by atoms with Gasteiger partial charge >= 0.3 is 0 Å². The average molecular weight is 460 g/mol. The number of hydrogen-bond donors (Lipinski definition) is 0. The van der Waals surface area contributed by atoms with Gasteiger partial charge in [0.05, 0.1) is 0 Å². The Morgan fingerprint density at radius 3 is 1.20 bits per heavy atom. The lowest BCUT2D eigenvalue weighted by Gasteiger charge is -2.18. The third-order valence-corrected chi connectivity index (χ3v) is 6.99. The Balaban J connectivity index is 0.000000326. The smallest absolute Gasteiger partial charge is 0.000473 e. The van der Waals surface area contributed by atoms with Crippen LogP contribution in [0.1, 0.15) is 26.2 Å². The summed E-state index contributed by atoms with van der Waals surface area (Å²) in [6.45, 7) is 2.23. The molecule has 0 saturated heterocycles. The van der Waals surface area contributed by atoms with Gasteiger partial charge in [0.2, 0.25) is 0 Å². The van der Waals surface area contributed by atoms with Crippen molar-refractivity contribution in [1.29, 1.82) is 0 Å². The minimum atomic E-state index is -0.446. The highest BCUT2D eigenvalue weighted by Gasteiger charge is 2.14. The van der Waals surface area contributed by atoms with E-state index >= 15 is 0 Å². The van der Waals surface area contributed by atoms with Crippen LogP contribution in [0.25, 0.3) is 0 Å². The van der Waals surface area contributed by atoms with Crippen molar-refractivity contribution in [2.24, 2.45) is 0 Å². The van der Waals surface area contributed by atoms with E-state index in [0.29, 0.717) is 0 Å². The third-order valence-electron chi connectivity index (χ3n) is 3.78. The van der Waals surface area contributed by atoms with Gasteiger partial charge in [-0.05, 0) is 34.7 Å². The van der Waals surface area contributed by atoms with Crippen molar-refractivity contribution < 1.29 is 0 Å². The predicted molar refractivity (Wildman–Crippen MR) is 124 cm³/mol. The zero-order valence-electron chi connectivity index (χ0n) is 14.8. The van der Waals surface area contributed by atoms with Crippen molar-refractivity contribution in [3.8, 4) is 0 Å². The average Bonchev–Trinajstić information content (AvgIpc) is 2.70. The maximum atomic E-state index is 2.41. The maximum absolute atomic E-state index is 2.41. The Kier molecular flexibility index (Phi) is 9.84. The van der Waals surface area contributed by atoms with Crippen LogP contribution in [0.5, 0.6) is 0 Å². The van der Waals surface area contributed by atoms with Gasteiger partial charge in [0.1, 0.15) is 0 Å². The van der Waals surface area contributed by atoms with Crippen LogP contribution in [0.15, 0.2) is 91.0 Å². The van der Waals surface area contributed by atoms with Crippen molar-refractivity contribution in [3.05, 3.63) is 91.0 Å². The number of alkyl halides is 1. The van der Waals surface area contributed by atoms with Crippen LogP contribution < -0.4 is 15.9 Å². The first-order valence-electron chi connectivity index (χ1n) is 8.88. The fourth-order valence-corrected chi connectivity index (χ4v) is 5.37. The fourth-order valence-electron chi connectivity index (χ4n) is 2.52. The SMILES string of the molecule is CCCCCI.c1ccc(P(c2ccccc2)c2ccccc2)cc1. The molecule has 130 valence electrons. The summed E-state index contributed by atoms with van der Waals surface area (Å²) in [7, 11) is -0.446. The second-order valence-corrected chi connectivity index (χ2v) is 9.04. The number of rotatable bonds is 6. The number of benzene rings is 3. The molecule has 0 bridgehead atoms. The highest BCUT2D eigenvalue weighted by molar-refractivity contribution is 14.1. The lowest BCUT2D eigenvalue weighted by atomic mass is 10.3. The first-order chi connectivity index (χ1) is 12.4. The Labute approximate surface area is 167 Å². The van der Waals surface area contributed by atoms with E-state index in [1.54, 1.807) is 0 Å². The Morgan fingerprint density at radius 2 is 0.960 bits per heavy atom. The normalized spacial score (nSPS) is 10.2. The van der Waals surface area contributed by atoms with Crippen LogP contribution in [-0.4, -0.2) is 4.43 Å². The molecule has 0 spiro atoms. The molecule has 0 amide bonds. The van der Waals surface area contributed by atoms with E-state index in [-0.39, 0.29) is 0 Å². The monoisotopic (exact) mass is 460 g/mol. The number of halogens is 1. The molecule has 0 aromatic heterocycles. The van der Waals surface area contributed by atoms with Crippen LogP contribution >= 0.6 is 30.5 Å². The molecule has 0 nitrogen and oxygen atoms in total. The highest BCUT2D eigenvalue weighted by atomic mass is 127. The van der Waals surface area contributed by atoms with Gasteiger partial charge in [-0.15, -0.1) is 0 Å². The molecule has 2 heteroatoms. The van der Waals surface area contributed by atoms with Crippen molar-refractivity contribution >= 4 is 46.4 Å². The van der Waals surface area contributed by atoms with Crippen LogP contribution in [-0.2, 0) is 0 Å². The number of hydrogen-bond acceptors (Lipinski definition) is 0. The minimum Gasteiger partial charge on any atom is -0.0864 e. The molecule has 0 atom stereocenters. The van der Waals surface area contributed by atoms with Gasteiger partial charge < -0.3 is 0 Å². The Hall–Kier alpha value is -1.18. The van der Waals surface area contributed by atoms with Crippen LogP contribution in [0, 0.1) is 0 Å². The third kappa shape index (κ3) is 6.92. The molecule has 0 fully saturated rings. The van der Waals surface area contributed by atoms with Gasteiger partial charge in [-0.3, -0.25) is 0 Å². The van der Waals surface area contributed by atoms with Crippen molar-refractivity contribution in [3.63, 3.8) is 0 Å². The predicted octanol–water partition coefficient (Wildman–Crippen LogP) is 6.06. The molecular weight excluding hydrogens is 434 g/mol. The summed E-state index contributed by atoms with van der Waals surface area (Å²) in [5.41, 5.74) is 0. The van der Waals surface area contributed by atoms with E-state index in [1.165, 1.54) is 39.6 Å². The number of unbranched alkanes of at least 4 members (excludes halogenated alkanes) is 2. The van der Waals surface area contributed by atoms with Gasteiger partial charge in [-0.1, -0.05) is 133 Å². The van der Waals surface area contributed by atoms with Crippen LogP contribution in [0.4, 0.5) is 0 Å². The molecule has 0 heterocycles. The van der Waals surface area contributed by atoms with E-state index in [9.17, 15) is 0 Å². The van der Waals surface area contributed by atoms with Gasteiger partial charge in [0.15, 0.2) is 0 Å². The standard InChI is InChI=1S/C18H15P.C5H11I/c1-4-10-16(11-5-1)19(17-12-6-2-7-13-17)18-14-8-3-9-15-18;1-2-3-4-5-6/h1-15H;2-5H2,1H3. The molecule has 0 aliphatic heterocycles. The van der Waals surface area contributed by atoms with Gasteiger partial charge in [-0.25, -0.2) is 0 Å². The largest absolute Gasteiger partial charge is 0.0864 e. The van der Waals surface area contributed by atoms with Gasteiger partial charge in [0, 0.05) is 0 Å². The summed E-state index contributed by atoms with van der Waals surface area (Å²) in [5, 5.41) is 4.19. The van der Waals surface area contributed by atoms with Crippen molar-refractivity contribution in [2.75, 3.05) is 4.43 Å². The van der Waals surface area contributed by atoms with Gasteiger partial charge in [-0.2, -0.15) is 0 Å². The Morgan fingerprint density at radius 1 is 0.600 bits per heavy atom. The molecule has 0 aliphatic rings. The highest BCUT2D eigenvalue weighted by Crippen LogP contribution is 2.32. The summed E-state index contributed by atoms with van der Waals surface area (Å²) in [4.78, 5) is 0. The lowest BCUT2D eigenvalue weighted by Crippen LogP contribution is -2.20. The summed E-state index contributed by atoms with van der Waals surface area (Å²) in [6, 6.07) is 32.3. The van der Waals surface area contributed by atoms with E-state index in [2.05, 4.69) is 121 Å². The fraction of sp³-hybridized carbons (Fsp3) is 0.217. The van der Waals surface area contributed by atoms with E-state index in [4.69, 9.17) is 0 Å². The van der Waals surface area contributed by atoms with E-state index < -0.39 is 7.92 Å². The molecule has 25 heavy (non-hydrogen) atoms. The van der Waals surface area contributed by atoms with E-state index in [0.717, 1.165) is 0 Å². The summed E-state index contributed by atoms with van der Waals surface area (Å²) in [6.07, 6.45) is 4.16. The zero-order valence-corrected chi connectivity index (χ0v) is 17.9. The molecule has 0 saturated carbocycles. The summed E-state index contributed by atoms with van der Waals surface area (Å²) >= 11 is 2.41. The van der Waals surface area contributed by atoms with Crippen molar-refractivity contribution in [2.45, 2.75) is 26.2 Å². The molecule has 3 rings (SSSR count). The molecule has 3 aromatic rings. The minimum absolute atomic E-state index is 0.446. The first-order valence-corrected chi connectivity index (χ1v) is 11.7.